The Morgan fingerprint density at radius 2 is 1.60 bits per heavy atom. The second-order valence-electron chi connectivity index (χ2n) is 6.21. The summed E-state index contributed by atoms with van der Waals surface area (Å²) in [5.74, 6) is 1.35. The number of hydrogen-bond donors (Lipinski definition) is 0. The minimum absolute atomic E-state index is 0.135. The largest absolute Gasteiger partial charge is 0.493 e. The van der Waals surface area contributed by atoms with Gasteiger partial charge in [-0.1, -0.05) is 18.2 Å². The van der Waals surface area contributed by atoms with Crippen molar-refractivity contribution in [1.82, 2.24) is 4.31 Å². The van der Waals surface area contributed by atoms with Crippen LogP contribution in [0.5, 0.6) is 11.5 Å². The monoisotopic (exact) mass is 361 g/mol. The van der Waals surface area contributed by atoms with E-state index in [0.717, 1.165) is 11.1 Å². The van der Waals surface area contributed by atoms with Crippen LogP contribution in [0.1, 0.15) is 18.1 Å². The van der Waals surface area contributed by atoms with Gasteiger partial charge in [0.1, 0.15) is 0 Å². The number of sulfonamides is 1. The highest BCUT2D eigenvalue weighted by molar-refractivity contribution is 7.89. The Bertz CT molecular complexity index is 849. The summed E-state index contributed by atoms with van der Waals surface area (Å²) in [5, 5.41) is 0. The van der Waals surface area contributed by atoms with Crippen LogP contribution in [0.2, 0.25) is 0 Å². The normalized spacial score (nSPS) is 18.3. The van der Waals surface area contributed by atoms with Crippen LogP contribution in [-0.2, 0) is 22.9 Å². The van der Waals surface area contributed by atoms with Gasteiger partial charge in [0.05, 0.1) is 19.1 Å². The second kappa shape index (κ2) is 7.06. The number of hydrogen-bond acceptors (Lipinski definition) is 4. The Balaban J connectivity index is 1.95. The molecule has 1 aliphatic heterocycles. The van der Waals surface area contributed by atoms with Gasteiger partial charge in [-0.05, 0) is 55.2 Å². The molecule has 2 aromatic rings. The molecular formula is C19H23NO4S. The highest BCUT2D eigenvalue weighted by Gasteiger charge is 2.31. The molecule has 0 aliphatic carbocycles. The summed E-state index contributed by atoms with van der Waals surface area (Å²) in [5.41, 5.74) is 2.21. The maximum atomic E-state index is 13.0. The van der Waals surface area contributed by atoms with E-state index in [1.807, 2.05) is 25.1 Å². The molecule has 0 spiro atoms. The maximum absolute atomic E-state index is 13.0. The van der Waals surface area contributed by atoms with Crippen molar-refractivity contribution in [3.8, 4) is 11.5 Å². The summed E-state index contributed by atoms with van der Waals surface area (Å²) in [6.07, 6.45) is 1.29. The lowest BCUT2D eigenvalue weighted by Crippen LogP contribution is -2.39. The van der Waals surface area contributed by atoms with E-state index in [1.54, 1.807) is 42.8 Å². The maximum Gasteiger partial charge on any atom is 0.243 e. The number of rotatable bonds is 4. The van der Waals surface area contributed by atoms with Gasteiger partial charge in [0.2, 0.25) is 10.0 Å². The van der Waals surface area contributed by atoms with Crippen LogP contribution in [0.25, 0.3) is 0 Å². The predicted octanol–water partition coefficient (Wildman–Crippen LogP) is 2.88. The van der Waals surface area contributed by atoms with Gasteiger partial charge < -0.3 is 9.47 Å². The second-order valence-corrected chi connectivity index (χ2v) is 8.10. The van der Waals surface area contributed by atoms with E-state index in [1.165, 1.54) is 0 Å². The average molecular weight is 361 g/mol. The predicted molar refractivity (Wildman–Crippen MR) is 96.7 cm³/mol. The third-order valence-electron chi connectivity index (χ3n) is 4.66. The summed E-state index contributed by atoms with van der Waals surface area (Å²) in [6.45, 7) is 2.40. The molecule has 1 unspecified atom stereocenters. The van der Waals surface area contributed by atoms with Crippen LogP contribution in [-0.4, -0.2) is 39.5 Å². The summed E-state index contributed by atoms with van der Waals surface area (Å²) < 4.78 is 38.4. The molecule has 25 heavy (non-hydrogen) atoms. The fraction of sp³-hybridized carbons (Fsp3) is 0.368. The molecule has 2 aromatic carbocycles. The van der Waals surface area contributed by atoms with Gasteiger partial charge in [-0.3, -0.25) is 0 Å². The molecule has 1 heterocycles. The van der Waals surface area contributed by atoms with Crippen molar-refractivity contribution in [3.63, 3.8) is 0 Å². The lowest BCUT2D eigenvalue weighted by Gasteiger charge is -2.26. The number of benzene rings is 2. The number of fused-ring (bicyclic) bond motifs is 1. The van der Waals surface area contributed by atoms with Gasteiger partial charge in [-0.25, -0.2) is 8.42 Å². The zero-order chi connectivity index (χ0) is 18.0. The smallest absolute Gasteiger partial charge is 0.243 e. The first-order valence-corrected chi connectivity index (χ1v) is 9.72. The minimum atomic E-state index is -3.51. The molecule has 0 aromatic heterocycles. The summed E-state index contributed by atoms with van der Waals surface area (Å²) in [6, 6.07) is 12.4. The van der Waals surface area contributed by atoms with Crippen LogP contribution in [0, 0.1) is 0 Å². The van der Waals surface area contributed by atoms with Crippen molar-refractivity contribution in [2.24, 2.45) is 0 Å². The third-order valence-corrected chi connectivity index (χ3v) is 6.69. The molecule has 0 bridgehead atoms. The zero-order valence-corrected chi connectivity index (χ0v) is 15.5. The summed E-state index contributed by atoms with van der Waals surface area (Å²) in [7, 11) is -0.298. The molecule has 3 rings (SSSR count). The highest BCUT2D eigenvalue weighted by Crippen LogP contribution is 2.34. The van der Waals surface area contributed by atoms with Crippen LogP contribution in [0.3, 0.4) is 0 Å². The summed E-state index contributed by atoms with van der Waals surface area (Å²) >= 11 is 0. The first-order valence-electron chi connectivity index (χ1n) is 8.28. The zero-order valence-electron chi connectivity index (χ0n) is 14.7. The highest BCUT2D eigenvalue weighted by atomic mass is 32.2. The van der Waals surface area contributed by atoms with E-state index in [4.69, 9.17) is 9.47 Å². The van der Waals surface area contributed by atoms with Gasteiger partial charge in [-0.15, -0.1) is 0 Å². The SMILES string of the molecule is COc1cc2c(cc1OC)CC(C)N(S(=O)(=O)c1ccccc1)CC2. The van der Waals surface area contributed by atoms with Crippen molar-refractivity contribution in [3.05, 3.63) is 53.6 Å². The molecule has 0 saturated heterocycles. The van der Waals surface area contributed by atoms with E-state index in [0.29, 0.717) is 35.8 Å². The van der Waals surface area contributed by atoms with Crippen molar-refractivity contribution in [1.29, 1.82) is 0 Å². The van der Waals surface area contributed by atoms with Crippen molar-refractivity contribution in [2.75, 3.05) is 20.8 Å². The topological polar surface area (TPSA) is 55.8 Å². The van der Waals surface area contributed by atoms with Crippen LogP contribution >= 0.6 is 0 Å². The molecule has 0 fully saturated rings. The minimum Gasteiger partial charge on any atom is -0.493 e. The molecule has 1 aliphatic rings. The third kappa shape index (κ3) is 3.37. The van der Waals surface area contributed by atoms with Crippen molar-refractivity contribution < 1.29 is 17.9 Å². The Morgan fingerprint density at radius 3 is 2.20 bits per heavy atom. The first-order chi connectivity index (χ1) is 12.0. The molecule has 0 N–H and O–H groups in total. The standard InChI is InChI=1S/C19H23NO4S/c1-14-11-16-13-19(24-3)18(23-2)12-15(16)9-10-20(14)25(21,22)17-7-5-4-6-8-17/h4-8,12-14H,9-11H2,1-3H3. The Kier molecular flexibility index (Phi) is 5.01. The van der Waals surface area contributed by atoms with Crippen molar-refractivity contribution >= 4 is 10.0 Å². The quantitative estimate of drug-likeness (QED) is 0.840. The number of methoxy groups -OCH3 is 2. The van der Waals surface area contributed by atoms with E-state index >= 15 is 0 Å². The lowest BCUT2D eigenvalue weighted by atomic mass is 10.00. The number of ether oxygens (including phenoxy) is 2. The van der Waals surface area contributed by atoms with Crippen LogP contribution < -0.4 is 9.47 Å². The van der Waals surface area contributed by atoms with Gasteiger partial charge >= 0.3 is 0 Å². The Morgan fingerprint density at radius 1 is 1.00 bits per heavy atom. The molecule has 0 radical (unpaired) electrons. The molecule has 6 heteroatoms. The van der Waals surface area contributed by atoms with E-state index in [-0.39, 0.29) is 6.04 Å². The Hall–Kier alpha value is -2.05. The summed E-state index contributed by atoms with van der Waals surface area (Å²) in [4.78, 5) is 0.336. The van der Waals surface area contributed by atoms with E-state index in [9.17, 15) is 8.42 Å². The Labute approximate surface area is 149 Å². The van der Waals surface area contributed by atoms with E-state index in [2.05, 4.69) is 0 Å². The van der Waals surface area contributed by atoms with Gasteiger partial charge in [0.15, 0.2) is 11.5 Å². The first kappa shape index (κ1) is 17.8. The molecule has 0 amide bonds. The number of nitrogens with zero attached hydrogens (tertiary/aromatic N) is 1. The average Bonchev–Trinajstić information content (AvgIpc) is 2.79. The van der Waals surface area contributed by atoms with Gasteiger partial charge in [-0.2, -0.15) is 4.31 Å². The lowest BCUT2D eigenvalue weighted by molar-refractivity contribution is 0.346. The van der Waals surface area contributed by atoms with Crippen LogP contribution in [0.4, 0.5) is 0 Å². The fourth-order valence-electron chi connectivity index (χ4n) is 3.34. The van der Waals surface area contributed by atoms with Crippen molar-refractivity contribution in [2.45, 2.75) is 30.7 Å². The molecule has 0 saturated carbocycles. The van der Waals surface area contributed by atoms with Gasteiger partial charge in [0, 0.05) is 12.6 Å². The molecule has 134 valence electrons. The van der Waals surface area contributed by atoms with Gasteiger partial charge in [0.25, 0.3) is 0 Å². The molecule has 1 atom stereocenters. The molecule has 5 nitrogen and oxygen atoms in total. The molecular weight excluding hydrogens is 338 g/mol. The van der Waals surface area contributed by atoms with Crippen LogP contribution in [0.15, 0.2) is 47.4 Å². The van der Waals surface area contributed by atoms with E-state index < -0.39 is 10.0 Å². The fourth-order valence-corrected chi connectivity index (χ4v) is 4.99.